The minimum atomic E-state index is -1.76. The van der Waals surface area contributed by atoms with Crippen molar-refractivity contribution in [3.05, 3.63) is 28.0 Å². The van der Waals surface area contributed by atoms with Crippen molar-refractivity contribution in [1.29, 1.82) is 0 Å². The Morgan fingerprint density at radius 1 is 1.00 bits per heavy atom. The summed E-state index contributed by atoms with van der Waals surface area (Å²) in [6.45, 7) is 16.0. The number of hydrogen-bond acceptors (Lipinski definition) is 2. The molecule has 0 fully saturated rings. The first-order valence-electron chi connectivity index (χ1n) is 10.1. The Morgan fingerprint density at radius 2 is 1.50 bits per heavy atom. The van der Waals surface area contributed by atoms with Crippen molar-refractivity contribution in [3.63, 3.8) is 0 Å². The number of nitrogens with zero attached hydrogens (tertiary/aromatic N) is 1. The molecule has 2 unspecified atom stereocenters. The Hall–Kier alpha value is -0.0931. The van der Waals surface area contributed by atoms with Crippen LogP contribution in [0.3, 0.4) is 0 Å². The van der Waals surface area contributed by atoms with Gasteiger partial charge in [-0.25, -0.2) is 0 Å². The molecule has 1 rings (SSSR count). The van der Waals surface area contributed by atoms with Crippen LogP contribution in [0.1, 0.15) is 79.4 Å². The van der Waals surface area contributed by atoms with Crippen LogP contribution in [0.15, 0.2) is 12.4 Å². The van der Waals surface area contributed by atoms with Crippen molar-refractivity contribution in [3.8, 4) is 0 Å². The highest BCUT2D eigenvalue weighted by Crippen LogP contribution is 2.40. The average molecular weight is 419 g/mol. The van der Waals surface area contributed by atoms with Crippen LogP contribution in [0.2, 0.25) is 28.2 Å². The van der Waals surface area contributed by atoms with Gasteiger partial charge in [-0.1, -0.05) is 84.5 Å². The first kappa shape index (κ1) is 23.9. The summed E-state index contributed by atoms with van der Waals surface area (Å²) < 4.78 is 6.84. The molecule has 1 heterocycles. The molecule has 5 heteroatoms. The van der Waals surface area contributed by atoms with Crippen molar-refractivity contribution in [1.82, 2.24) is 4.98 Å². The lowest BCUT2D eigenvalue weighted by Crippen LogP contribution is -2.37. The molecule has 0 saturated heterocycles. The van der Waals surface area contributed by atoms with Gasteiger partial charge in [0.05, 0.1) is 16.1 Å². The van der Waals surface area contributed by atoms with Gasteiger partial charge in [-0.2, -0.15) is 0 Å². The summed E-state index contributed by atoms with van der Waals surface area (Å²) in [6, 6.07) is 3.36. The van der Waals surface area contributed by atoms with Crippen LogP contribution >= 0.6 is 23.2 Å². The molecule has 0 aliphatic carbocycles. The van der Waals surface area contributed by atoms with E-state index in [4.69, 9.17) is 27.6 Å². The summed E-state index contributed by atoms with van der Waals surface area (Å²) in [5, 5.41) is 1.25. The molecule has 0 radical (unpaired) electrons. The van der Waals surface area contributed by atoms with Crippen LogP contribution in [0, 0.1) is 11.3 Å². The number of rotatable bonds is 10. The van der Waals surface area contributed by atoms with E-state index in [9.17, 15) is 0 Å². The van der Waals surface area contributed by atoms with Gasteiger partial charge in [-0.05, 0) is 35.9 Å². The normalized spacial score (nSPS) is 15.1. The molecule has 0 bridgehead atoms. The van der Waals surface area contributed by atoms with Crippen LogP contribution in [0.4, 0.5) is 0 Å². The van der Waals surface area contributed by atoms with Crippen LogP contribution in [0.5, 0.6) is 0 Å². The molecule has 0 aliphatic rings. The highest BCUT2D eigenvalue weighted by atomic mass is 35.5. The maximum atomic E-state index is 6.84. The van der Waals surface area contributed by atoms with Crippen molar-refractivity contribution < 1.29 is 4.43 Å². The minimum Gasteiger partial charge on any atom is -0.410 e. The molecule has 150 valence electrons. The predicted molar refractivity (Wildman–Crippen MR) is 118 cm³/mol. The van der Waals surface area contributed by atoms with E-state index in [1.54, 1.807) is 12.4 Å². The smallest absolute Gasteiger partial charge is 0.192 e. The lowest BCUT2D eigenvalue weighted by atomic mass is 9.79. The lowest BCUT2D eigenvalue weighted by molar-refractivity contribution is 0.165. The fourth-order valence-electron chi connectivity index (χ4n) is 3.34. The van der Waals surface area contributed by atoms with Gasteiger partial charge in [0, 0.05) is 18.0 Å². The largest absolute Gasteiger partial charge is 0.410 e. The van der Waals surface area contributed by atoms with Gasteiger partial charge in [0.25, 0.3) is 0 Å². The van der Waals surface area contributed by atoms with E-state index in [2.05, 4.69) is 53.5 Å². The van der Waals surface area contributed by atoms with Gasteiger partial charge < -0.3 is 4.43 Å². The molecule has 0 aliphatic heterocycles. The molecule has 26 heavy (non-hydrogen) atoms. The quantitative estimate of drug-likeness (QED) is 0.356. The zero-order valence-corrected chi connectivity index (χ0v) is 20.2. The number of hydrogen-bond donors (Lipinski definition) is 0. The fourth-order valence-corrected chi connectivity index (χ4v) is 6.78. The summed E-state index contributed by atoms with van der Waals surface area (Å²) in [4.78, 5) is 4.12. The van der Waals surface area contributed by atoms with E-state index < -0.39 is 8.32 Å². The van der Waals surface area contributed by atoms with Gasteiger partial charge in [0.1, 0.15) is 0 Å². The Labute approximate surface area is 172 Å². The SMILES string of the molecule is CC[Si](CC)(CC)OC(CCCC(C)C(C)(C)C)c1c(Cl)cncc1Cl. The highest BCUT2D eigenvalue weighted by Gasteiger charge is 2.34. The first-order valence-corrected chi connectivity index (χ1v) is 13.4. The standard InChI is InChI=1S/C21H37Cl2NOSi/c1-8-26(9-2,10-3)25-19(13-11-12-16(4)21(5,6)7)20-17(22)14-24-15-18(20)23/h14-16,19H,8-13H2,1-7H3. The van der Waals surface area contributed by atoms with Crippen molar-refractivity contribution in [2.75, 3.05) is 0 Å². The van der Waals surface area contributed by atoms with Crippen LogP contribution < -0.4 is 0 Å². The van der Waals surface area contributed by atoms with Gasteiger partial charge in [-0.15, -0.1) is 0 Å². The third-order valence-electron chi connectivity index (χ3n) is 6.12. The molecule has 0 spiro atoms. The molecule has 0 aromatic carbocycles. The first-order chi connectivity index (χ1) is 12.1. The summed E-state index contributed by atoms with van der Waals surface area (Å²) in [7, 11) is -1.76. The molecule has 1 aromatic heterocycles. The lowest BCUT2D eigenvalue weighted by Gasteiger charge is -2.35. The zero-order chi connectivity index (χ0) is 20.0. The van der Waals surface area contributed by atoms with E-state index in [1.807, 2.05) is 0 Å². The van der Waals surface area contributed by atoms with E-state index in [-0.39, 0.29) is 6.10 Å². The van der Waals surface area contributed by atoms with Gasteiger partial charge in [0.15, 0.2) is 8.32 Å². The van der Waals surface area contributed by atoms with Crippen LogP contribution in [0.25, 0.3) is 0 Å². The molecular formula is C21H37Cl2NOSi. The van der Waals surface area contributed by atoms with Crippen LogP contribution in [-0.2, 0) is 4.43 Å². The van der Waals surface area contributed by atoms with Gasteiger partial charge >= 0.3 is 0 Å². The maximum Gasteiger partial charge on any atom is 0.192 e. The third-order valence-corrected chi connectivity index (χ3v) is 11.4. The summed E-state index contributed by atoms with van der Waals surface area (Å²) in [5.41, 5.74) is 1.26. The number of aromatic nitrogens is 1. The summed E-state index contributed by atoms with van der Waals surface area (Å²) in [6.07, 6.45) is 6.59. The van der Waals surface area contributed by atoms with E-state index in [1.165, 1.54) is 6.42 Å². The molecule has 1 aromatic rings. The monoisotopic (exact) mass is 417 g/mol. The highest BCUT2D eigenvalue weighted by molar-refractivity contribution is 6.73. The third kappa shape index (κ3) is 6.51. The molecule has 0 N–H and O–H groups in total. The Morgan fingerprint density at radius 3 is 1.92 bits per heavy atom. The molecule has 0 saturated carbocycles. The maximum absolute atomic E-state index is 6.84. The van der Waals surface area contributed by atoms with Crippen LogP contribution in [-0.4, -0.2) is 13.3 Å². The second-order valence-corrected chi connectivity index (χ2v) is 14.1. The topological polar surface area (TPSA) is 22.1 Å². The Bertz CT molecular complexity index is 527. The van der Waals surface area contributed by atoms with Crippen molar-refractivity contribution in [2.24, 2.45) is 11.3 Å². The predicted octanol–water partition coefficient (Wildman–Crippen LogP) is 8.30. The molecular weight excluding hydrogens is 381 g/mol. The van der Waals surface area contributed by atoms with Crippen molar-refractivity contribution in [2.45, 2.75) is 92.0 Å². The number of pyridine rings is 1. The Balaban J connectivity index is 3.03. The fraction of sp³-hybridized carbons (Fsp3) is 0.762. The van der Waals surface area contributed by atoms with Gasteiger partial charge in [-0.3, -0.25) is 4.98 Å². The van der Waals surface area contributed by atoms with E-state index in [0.717, 1.165) is 36.5 Å². The number of halogens is 2. The molecule has 2 atom stereocenters. The van der Waals surface area contributed by atoms with E-state index >= 15 is 0 Å². The molecule has 2 nitrogen and oxygen atoms in total. The Kier molecular flexibility index (Phi) is 9.63. The van der Waals surface area contributed by atoms with Gasteiger partial charge in [0.2, 0.25) is 0 Å². The second kappa shape index (κ2) is 10.5. The second-order valence-electron chi connectivity index (χ2n) is 8.56. The minimum absolute atomic E-state index is 0.0308. The van der Waals surface area contributed by atoms with Crippen molar-refractivity contribution >= 4 is 31.5 Å². The van der Waals surface area contributed by atoms with E-state index in [0.29, 0.717) is 21.4 Å². The zero-order valence-electron chi connectivity index (χ0n) is 17.7. The average Bonchev–Trinajstić information content (AvgIpc) is 2.58. The molecule has 0 amide bonds. The summed E-state index contributed by atoms with van der Waals surface area (Å²) in [5.74, 6) is 0.664. The summed E-state index contributed by atoms with van der Waals surface area (Å²) >= 11 is 13.0.